The number of pyridine rings is 1. The van der Waals surface area contributed by atoms with Crippen molar-refractivity contribution >= 4 is 16.7 Å². The highest BCUT2D eigenvalue weighted by atomic mass is 16.5. The molecule has 0 aliphatic carbocycles. The molecule has 3 heteroatoms. The topological polar surface area (TPSA) is 39.2 Å². The number of benzene rings is 1. The van der Waals surface area contributed by atoms with Crippen molar-refractivity contribution in [2.75, 3.05) is 13.7 Å². The van der Waals surface area contributed by atoms with Gasteiger partial charge in [-0.1, -0.05) is 24.3 Å². The van der Waals surface area contributed by atoms with Crippen molar-refractivity contribution in [1.82, 2.24) is 4.98 Å². The van der Waals surface area contributed by atoms with Crippen LogP contribution in [0.1, 0.15) is 5.69 Å². The highest BCUT2D eigenvalue weighted by Crippen LogP contribution is 2.12. The average Bonchev–Trinajstić information content (AvgIpc) is 2.29. The SMILES string of the molecule is COCC(=O)Cc1ccc2ccccc2n1. The number of Topliss-reactive ketones (excluding diaryl/α,β-unsaturated/α-hetero) is 1. The van der Waals surface area contributed by atoms with Gasteiger partial charge in [-0.05, 0) is 12.1 Å². The molecule has 1 aromatic heterocycles. The van der Waals surface area contributed by atoms with Crippen molar-refractivity contribution in [2.24, 2.45) is 0 Å². The van der Waals surface area contributed by atoms with Crippen LogP contribution in [-0.2, 0) is 16.0 Å². The number of fused-ring (bicyclic) bond motifs is 1. The van der Waals surface area contributed by atoms with Gasteiger partial charge in [0.05, 0.1) is 11.9 Å². The minimum atomic E-state index is 0.0466. The monoisotopic (exact) mass is 215 g/mol. The lowest BCUT2D eigenvalue weighted by Gasteiger charge is -2.02. The summed E-state index contributed by atoms with van der Waals surface area (Å²) in [4.78, 5) is 15.8. The third kappa shape index (κ3) is 2.44. The molecule has 0 atom stereocenters. The van der Waals surface area contributed by atoms with Crippen molar-refractivity contribution in [3.05, 3.63) is 42.1 Å². The van der Waals surface area contributed by atoms with Crippen LogP contribution in [0.15, 0.2) is 36.4 Å². The molecule has 0 N–H and O–H groups in total. The number of nitrogens with zero attached hydrogens (tertiary/aromatic N) is 1. The lowest BCUT2D eigenvalue weighted by molar-refractivity contribution is -0.122. The zero-order valence-electron chi connectivity index (χ0n) is 9.14. The molecule has 0 amide bonds. The van der Waals surface area contributed by atoms with Crippen LogP contribution in [0.5, 0.6) is 0 Å². The molecule has 1 aromatic carbocycles. The van der Waals surface area contributed by atoms with Crippen LogP contribution in [0, 0.1) is 0 Å². The number of carbonyl (C=O) groups is 1. The maximum Gasteiger partial charge on any atom is 0.164 e. The van der Waals surface area contributed by atoms with E-state index < -0.39 is 0 Å². The highest BCUT2D eigenvalue weighted by molar-refractivity contribution is 5.83. The number of hydrogen-bond acceptors (Lipinski definition) is 3. The first-order valence-corrected chi connectivity index (χ1v) is 5.15. The predicted molar refractivity (Wildman–Crippen MR) is 62.3 cm³/mol. The summed E-state index contributed by atoms with van der Waals surface area (Å²) >= 11 is 0. The molecule has 0 spiro atoms. The number of rotatable bonds is 4. The molecule has 0 saturated heterocycles. The third-order valence-corrected chi connectivity index (χ3v) is 2.34. The van der Waals surface area contributed by atoms with Crippen molar-refractivity contribution < 1.29 is 9.53 Å². The van der Waals surface area contributed by atoms with Crippen LogP contribution in [-0.4, -0.2) is 24.5 Å². The maximum atomic E-state index is 11.4. The van der Waals surface area contributed by atoms with Gasteiger partial charge in [0.1, 0.15) is 6.61 Å². The molecule has 0 bridgehead atoms. The Morgan fingerprint density at radius 1 is 1.25 bits per heavy atom. The van der Waals surface area contributed by atoms with E-state index in [1.54, 1.807) is 0 Å². The van der Waals surface area contributed by atoms with Crippen LogP contribution in [0.2, 0.25) is 0 Å². The smallest absolute Gasteiger partial charge is 0.164 e. The standard InChI is InChI=1S/C13H13NO2/c1-16-9-12(15)8-11-7-6-10-4-2-3-5-13(10)14-11/h2-7H,8-9H2,1H3. The van der Waals surface area contributed by atoms with Crippen LogP contribution in [0.25, 0.3) is 10.9 Å². The number of carbonyl (C=O) groups excluding carboxylic acids is 1. The Kier molecular flexibility index (Phi) is 3.27. The lowest BCUT2D eigenvalue weighted by atomic mass is 10.1. The molecule has 0 fully saturated rings. The fraction of sp³-hybridized carbons (Fsp3) is 0.231. The first-order valence-electron chi connectivity index (χ1n) is 5.15. The van der Waals surface area contributed by atoms with Gasteiger partial charge >= 0.3 is 0 Å². The van der Waals surface area contributed by atoms with Crippen LogP contribution < -0.4 is 0 Å². The summed E-state index contributed by atoms with van der Waals surface area (Å²) in [6.07, 6.45) is 0.332. The van der Waals surface area contributed by atoms with E-state index in [0.29, 0.717) is 6.42 Å². The summed E-state index contributed by atoms with van der Waals surface area (Å²) in [6.45, 7) is 0.147. The van der Waals surface area contributed by atoms with E-state index in [4.69, 9.17) is 4.74 Å². The van der Waals surface area contributed by atoms with Gasteiger partial charge in [-0.15, -0.1) is 0 Å². The molecule has 0 saturated carbocycles. The van der Waals surface area contributed by atoms with E-state index in [1.165, 1.54) is 7.11 Å². The number of para-hydroxylation sites is 1. The molecule has 0 aliphatic rings. The van der Waals surface area contributed by atoms with Gasteiger partial charge in [0, 0.05) is 18.2 Å². The quantitative estimate of drug-likeness (QED) is 0.783. The van der Waals surface area contributed by atoms with Crippen molar-refractivity contribution in [3.8, 4) is 0 Å². The normalized spacial score (nSPS) is 10.6. The zero-order chi connectivity index (χ0) is 11.4. The molecular formula is C13H13NO2. The van der Waals surface area contributed by atoms with Gasteiger partial charge in [-0.2, -0.15) is 0 Å². The molecular weight excluding hydrogens is 202 g/mol. The van der Waals surface area contributed by atoms with E-state index >= 15 is 0 Å². The van der Waals surface area contributed by atoms with E-state index in [2.05, 4.69) is 4.98 Å². The molecule has 16 heavy (non-hydrogen) atoms. The van der Waals surface area contributed by atoms with Crippen LogP contribution in [0.4, 0.5) is 0 Å². The number of aromatic nitrogens is 1. The average molecular weight is 215 g/mol. The minimum absolute atomic E-state index is 0.0466. The van der Waals surface area contributed by atoms with Crippen molar-refractivity contribution in [1.29, 1.82) is 0 Å². The molecule has 1 heterocycles. The molecule has 0 radical (unpaired) electrons. The number of ketones is 1. The molecule has 3 nitrogen and oxygen atoms in total. The van der Waals surface area contributed by atoms with Gasteiger partial charge in [0.25, 0.3) is 0 Å². The van der Waals surface area contributed by atoms with Gasteiger partial charge < -0.3 is 4.74 Å². The minimum Gasteiger partial charge on any atom is -0.377 e. The van der Waals surface area contributed by atoms with Crippen LogP contribution >= 0.6 is 0 Å². The molecule has 0 unspecified atom stereocenters. The maximum absolute atomic E-state index is 11.4. The fourth-order valence-electron chi connectivity index (χ4n) is 1.62. The van der Waals surface area contributed by atoms with E-state index in [-0.39, 0.29) is 12.4 Å². The predicted octanol–water partition coefficient (Wildman–Crippen LogP) is 1.99. The zero-order valence-corrected chi connectivity index (χ0v) is 9.14. The number of ether oxygens (including phenoxy) is 1. The second-order valence-electron chi connectivity index (χ2n) is 3.64. The fourth-order valence-corrected chi connectivity index (χ4v) is 1.62. The Morgan fingerprint density at radius 2 is 2.06 bits per heavy atom. The molecule has 2 rings (SSSR count). The molecule has 2 aromatic rings. The molecule has 82 valence electrons. The second-order valence-corrected chi connectivity index (χ2v) is 3.64. The van der Waals surface area contributed by atoms with Crippen LogP contribution in [0.3, 0.4) is 0 Å². The Hall–Kier alpha value is -1.74. The third-order valence-electron chi connectivity index (χ3n) is 2.34. The van der Waals surface area contributed by atoms with Crippen molar-refractivity contribution in [3.63, 3.8) is 0 Å². The van der Waals surface area contributed by atoms with Crippen molar-refractivity contribution in [2.45, 2.75) is 6.42 Å². The number of methoxy groups -OCH3 is 1. The Labute approximate surface area is 94.1 Å². The van der Waals surface area contributed by atoms with E-state index in [0.717, 1.165) is 16.6 Å². The summed E-state index contributed by atoms with van der Waals surface area (Å²) < 4.78 is 4.79. The van der Waals surface area contributed by atoms with Gasteiger partial charge in [0.2, 0.25) is 0 Å². The Balaban J connectivity index is 2.22. The Morgan fingerprint density at radius 3 is 2.88 bits per heavy atom. The molecule has 0 aliphatic heterocycles. The summed E-state index contributed by atoms with van der Waals surface area (Å²) in [5.41, 5.74) is 1.71. The summed E-state index contributed by atoms with van der Waals surface area (Å²) in [5.74, 6) is 0.0466. The second kappa shape index (κ2) is 4.86. The van der Waals surface area contributed by atoms with Gasteiger partial charge in [0.15, 0.2) is 5.78 Å². The largest absolute Gasteiger partial charge is 0.377 e. The summed E-state index contributed by atoms with van der Waals surface area (Å²) in [5, 5.41) is 1.09. The van der Waals surface area contributed by atoms with Gasteiger partial charge in [-0.25, -0.2) is 0 Å². The first kappa shape index (κ1) is 10.8. The summed E-state index contributed by atoms with van der Waals surface area (Å²) in [7, 11) is 1.52. The first-order chi connectivity index (χ1) is 7.79. The number of hydrogen-bond donors (Lipinski definition) is 0. The lowest BCUT2D eigenvalue weighted by Crippen LogP contribution is -2.10. The highest BCUT2D eigenvalue weighted by Gasteiger charge is 2.04. The summed E-state index contributed by atoms with van der Waals surface area (Å²) in [6, 6.07) is 11.7. The van der Waals surface area contributed by atoms with E-state index in [1.807, 2.05) is 36.4 Å². The van der Waals surface area contributed by atoms with E-state index in [9.17, 15) is 4.79 Å². The van der Waals surface area contributed by atoms with Gasteiger partial charge in [-0.3, -0.25) is 9.78 Å². The Bertz CT molecular complexity index is 508.